The Morgan fingerprint density at radius 2 is 2.11 bits per heavy atom. The van der Waals surface area contributed by atoms with E-state index in [-0.39, 0.29) is 0 Å². The third-order valence-corrected chi connectivity index (χ3v) is 2.54. The van der Waals surface area contributed by atoms with Crippen molar-refractivity contribution in [1.82, 2.24) is 4.72 Å². The second-order valence-electron chi connectivity index (χ2n) is 2.53. The maximum absolute atomic E-state index is 3.45. The molecule has 1 saturated carbocycles. The topological polar surface area (TPSA) is 12.0 Å². The van der Waals surface area contributed by atoms with Crippen LogP contribution in [0.4, 0.5) is 0 Å². The monoisotopic (exact) mass is 145 g/mol. The van der Waals surface area contributed by atoms with E-state index in [1.54, 1.807) is 0 Å². The van der Waals surface area contributed by atoms with Gasteiger partial charge in [-0.3, -0.25) is 4.72 Å². The Hall–Kier alpha value is 0.310. The van der Waals surface area contributed by atoms with E-state index in [0.29, 0.717) is 0 Å². The van der Waals surface area contributed by atoms with E-state index in [0.717, 1.165) is 6.04 Å². The molecule has 0 spiro atoms. The zero-order valence-electron chi connectivity index (χ0n) is 6.02. The van der Waals surface area contributed by atoms with Crippen LogP contribution in [0.2, 0.25) is 0 Å². The molecule has 54 valence electrons. The Balaban J connectivity index is 1.98. The van der Waals surface area contributed by atoms with E-state index in [1.165, 1.54) is 31.4 Å². The van der Waals surface area contributed by atoms with Crippen molar-refractivity contribution < 1.29 is 0 Å². The first-order valence-corrected chi connectivity index (χ1v) is 4.79. The van der Waals surface area contributed by atoms with Gasteiger partial charge in [-0.05, 0) is 12.8 Å². The summed E-state index contributed by atoms with van der Waals surface area (Å²) >= 11 is 1.86. The van der Waals surface area contributed by atoms with Crippen molar-refractivity contribution in [2.24, 2.45) is 0 Å². The number of hydrogen-bond acceptors (Lipinski definition) is 2. The third-order valence-electron chi connectivity index (χ3n) is 1.75. The minimum atomic E-state index is 0.829. The Morgan fingerprint density at radius 3 is 2.67 bits per heavy atom. The summed E-state index contributed by atoms with van der Waals surface area (Å²) in [6.45, 7) is 2.19. The number of rotatable bonds is 3. The molecule has 0 bridgehead atoms. The molecule has 0 heterocycles. The van der Waals surface area contributed by atoms with Crippen LogP contribution in [0.3, 0.4) is 0 Å². The molecule has 0 aromatic heterocycles. The van der Waals surface area contributed by atoms with Gasteiger partial charge in [0.2, 0.25) is 0 Å². The van der Waals surface area contributed by atoms with Gasteiger partial charge < -0.3 is 0 Å². The van der Waals surface area contributed by atoms with Crippen LogP contribution in [0.25, 0.3) is 0 Å². The highest BCUT2D eigenvalue weighted by molar-refractivity contribution is 7.97. The van der Waals surface area contributed by atoms with E-state index < -0.39 is 0 Å². The molecular formula is C7H15NS. The number of nitrogens with one attached hydrogen (secondary N) is 1. The quantitative estimate of drug-likeness (QED) is 0.611. The molecule has 0 radical (unpaired) electrons. The Morgan fingerprint density at radius 1 is 1.44 bits per heavy atom. The second kappa shape index (κ2) is 4.18. The molecule has 0 saturated heterocycles. The maximum atomic E-state index is 3.45. The molecule has 0 unspecified atom stereocenters. The van der Waals surface area contributed by atoms with Gasteiger partial charge in [-0.25, -0.2) is 0 Å². The molecule has 0 aromatic carbocycles. The molecule has 9 heavy (non-hydrogen) atoms. The zero-order valence-corrected chi connectivity index (χ0v) is 6.84. The van der Waals surface area contributed by atoms with Gasteiger partial charge in [0.1, 0.15) is 0 Å². The zero-order chi connectivity index (χ0) is 6.53. The number of hydrogen-bond donors (Lipinski definition) is 1. The summed E-state index contributed by atoms with van der Waals surface area (Å²) < 4.78 is 3.45. The normalized spacial score (nSPS) is 21.0. The highest BCUT2D eigenvalue weighted by atomic mass is 32.2. The molecule has 1 N–H and O–H groups in total. The third kappa shape index (κ3) is 2.59. The van der Waals surface area contributed by atoms with Crippen LogP contribution in [-0.4, -0.2) is 11.8 Å². The summed E-state index contributed by atoms with van der Waals surface area (Å²) in [5.41, 5.74) is 0. The SMILES string of the molecule is CCSNC1CCCC1. The Labute approximate surface area is 61.7 Å². The van der Waals surface area contributed by atoms with Crippen LogP contribution in [-0.2, 0) is 0 Å². The van der Waals surface area contributed by atoms with E-state index >= 15 is 0 Å². The van der Waals surface area contributed by atoms with Gasteiger partial charge in [-0.1, -0.05) is 31.7 Å². The van der Waals surface area contributed by atoms with Crippen molar-refractivity contribution in [3.63, 3.8) is 0 Å². The molecule has 1 rings (SSSR count). The van der Waals surface area contributed by atoms with Gasteiger partial charge in [0, 0.05) is 11.8 Å². The Kier molecular flexibility index (Phi) is 3.44. The van der Waals surface area contributed by atoms with Crippen molar-refractivity contribution in [3.8, 4) is 0 Å². The van der Waals surface area contributed by atoms with Gasteiger partial charge in [-0.2, -0.15) is 0 Å². The molecule has 0 atom stereocenters. The van der Waals surface area contributed by atoms with E-state index in [9.17, 15) is 0 Å². The fourth-order valence-electron chi connectivity index (χ4n) is 1.24. The summed E-state index contributed by atoms with van der Waals surface area (Å²) in [5, 5.41) is 0. The minimum Gasteiger partial charge on any atom is -0.261 e. The van der Waals surface area contributed by atoms with Crippen molar-refractivity contribution >= 4 is 11.9 Å². The van der Waals surface area contributed by atoms with Crippen molar-refractivity contribution in [3.05, 3.63) is 0 Å². The van der Waals surface area contributed by atoms with E-state index in [1.807, 2.05) is 11.9 Å². The van der Waals surface area contributed by atoms with Crippen LogP contribution in [0.1, 0.15) is 32.6 Å². The molecule has 0 amide bonds. The fraction of sp³-hybridized carbons (Fsp3) is 1.00. The lowest BCUT2D eigenvalue weighted by atomic mass is 10.3. The molecule has 1 nitrogen and oxygen atoms in total. The molecule has 1 fully saturated rings. The predicted molar refractivity (Wildman–Crippen MR) is 43.5 cm³/mol. The van der Waals surface area contributed by atoms with Gasteiger partial charge in [-0.15, -0.1) is 0 Å². The van der Waals surface area contributed by atoms with E-state index in [2.05, 4.69) is 11.6 Å². The summed E-state index contributed by atoms with van der Waals surface area (Å²) in [6, 6.07) is 0.829. The smallest absolute Gasteiger partial charge is 0.0171 e. The molecule has 2 heteroatoms. The van der Waals surface area contributed by atoms with E-state index in [4.69, 9.17) is 0 Å². The fourth-order valence-corrected chi connectivity index (χ4v) is 1.88. The first-order valence-electron chi connectivity index (χ1n) is 3.81. The Bertz CT molecular complexity index is 69.3. The average Bonchev–Trinajstić information content (AvgIpc) is 2.34. The van der Waals surface area contributed by atoms with Crippen LogP contribution in [0.15, 0.2) is 0 Å². The molecule has 1 aliphatic carbocycles. The lowest BCUT2D eigenvalue weighted by Crippen LogP contribution is -2.18. The summed E-state index contributed by atoms with van der Waals surface area (Å²) in [4.78, 5) is 0. The lowest BCUT2D eigenvalue weighted by molar-refractivity contribution is 0.658. The van der Waals surface area contributed by atoms with Gasteiger partial charge >= 0.3 is 0 Å². The van der Waals surface area contributed by atoms with Gasteiger partial charge in [0.25, 0.3) is 0 Å². The molecule has 1 aliphatic rings. The molecular weight excluding hydrogens is 130 g/mol. The predicted octanol–water partition coefficient (Wildman–Crippen LogP) is 2.19. The first kappa shape index (κ1) is 7.42. The van der Waals surface area contributed by atoms with Gasteiger partial charge in [0.05, 0.1) is 0 Å². The minimum absolute atomic E-state index is 0.829. The summed E-state index contributed by atoms with van der Waals surface area (Å²) in [7, 11) is 0. The highest BCUT2D eigenvalue weighted by Gasteiger charge is 2.12. The largest absolute Gasteiger partial charge is 0.261 e. The maximum Gasteiger partial charge on any atom is 0.0171 e. The van der Waals surface area contributed by atoms with Crippen LogP contribution < -0.4 is 4.72 Å². The standard InChI is InChI=1S/C7H15NS/c1-2-9-8-7-5-3-4-6-7/h7-8H,2-6H2,1H3. The second-order valence-corrected chi connectivity index (χ2v) is 3.63. The van der Waals surface area contributed by atoms with Crippen molar-refractivity contribution in [2.45, 2.75) is 38.6 Å². The summed E-state index contributed by atoms with van der Waals surface area (Å²) in [6.07, 6.45) is 5.66. The van der Waals surface area contributed by atoms with Crippen LogP contribution >= 0.6 is 11.9 Å². The van der Waals surface area contributed by atoms with Gasteiger partial charge in [0.15, 0.2) is 0 Å². The van der Waals surface area contributed by atoms with Crippen LogP contribution in [0, 0.1) is 0 Å². The molecule has 0 aliphatic heterocycles. The lowest BCUT2D eigenvalue weighted by Gasteiger charge is -2.08. The first-order chi connectivity index (χ1) is 4.43. The highest BCUT2D eigenvalue weighted by Crippen LogP contribution is 2.19. The summed E-state index contributed by atoms with van der Waals surface area (Å²) in [5.74, 6) is 1.19. The average molecular weight is 145 g/mol. The molecule has 0 aromatic rings. The van der Waals surface area contributed by atoms with Crippen molar-refractivity contribution in [1.29, 1.82) is 0 Å². The van der Waals surface area contributed by atoms with Crippen molar-refractivity contribution in [2.75, 3.05) is 5.75 Å². The van der Waals surface area contributed by atoms with Crippen LogP contribution in [0.5, 0.6) is 0 Å².